The molecule has 0 spiro atoms. The van der Waals surface area contributed by atoms with Gasteiger partial charge in [0.15, 0.2) is 0 Å². The van der Waals surface area contributed by atoms with Crippen molar-refractivity contribution in [1.29, 1.82) is 0 Å². The maximum atomic E-state index is 12.2. The molecular weight excluding hydrogens is 256 g/mol. The number of carboxylic acid groups (broad SMARTS) is 1. The minimum absolute atomic E-state index is 0.0260. The topological polar surface area (TPSA) is 60.9 Å². The first kappa shape index (κ1) is 15.0. The lowest BCUT2D eigenvalue weighted by atomic mass is 9.85. The average Bonchev–Trinajstić information content (AvgIpc) is 2.42. The SMILES string of the molecule is CCCN1CCC2=C(C1)C(C(=O)O)CC(=O)N2CCC. The standard InChI is InChI=1S/C15H24N2O3/c1-3-6-16-8-5-13-12(10-16)11(15(19)20)9-14(18)17(13)7-4-2/h11H,3-10H2,1-2H3,(H,19,20). The number of aliphatic carboxylic acids is 1. The predicted molar refractivity (Wildman–Crippen MR) is 76.1 cm³/mol. The highest BCUT2D eigenvalue weighted by molar-refractivity contribution is 5.88. The molecule has 1 atom stereocenters. The van der Waals surface area contributed by atoms with E-state index < -0.39 is 11.9 Å². The van der Waals surface area contributed by atoms with Crippen LogP contribution in [0.25, 0.3) is 0 Å². The highest BCUT2D eigenvalue weighted by atomic mass is 16.4. The molecule has 0 aliphatic carbocycles. The average molecular weight is 280 g/mol. The van der Waals surface area contributed by atoms with Crippen LogP contribution in [0.3, 0.4) is 0 Å². The monoisotopic (exact) mass is 280 g/mol. The second kappa shape index (κ2) is 6.39. The molecule has 0 aromatic heterocycles. The lowest BCUT2D eigenvalue weighted by Gasteiger charge is -2.41. The van der Waals surface area contributed by atoms with Gasteiger partial charge in [-0.15, -0.1) is 0 Å². The van der Waals surface area contributed by atoms with Crippen LogP contribution in [-0.4, -0.2) is 53.0 Å². The highest BCUT2D eigenvalue weighted by Gasteiger charge is 2.39. The van der Waals surface area contributed by atoms with E-state index in [0.717, 1.165) is 43.6 Å². The molecule has 1 amide bonds. The van der Waals surface area contributed by atoms with Crippen molar-refractivity contribution in [3.8, 4) is 0 Å². The van der Waals surface area contributed by atoms with Gasteiger partial charge >= 0.3 is 5.97 Å². The Kier molecular flexibility index (Phi) is 4.81. The van der Waals surface area contributed by atoms with Gasteiger partial charge in [0.05, 0.1) is 5.92 Å². The zero-order valence-electron chi connectivity index (χ0n) is 12.4. The van der Waals surface area contributed by atoms with E-state index in [4.69, 9.17) is 0 Å². The molecule has 5 heteroatoms. The number of carbonyl (C=O) groups is 2. The van der Waals surface area contributed by atoms with Crippen molar-refractivity contribution in [2.24, 2.45) is 5.92 Å². The van der Waals surface area contributed by atoms with Crippen LogP contribution in [0.2, 0.25) is 0 Å². The molecule has 1 unspecified atom stereocenters. The van der Waals surface area contributed by atoms with Gasteiger partial charge in [-0.25, -0.2) is 0 Å². The third-order valence-electron chi connectivity index (χ3n) is 4.14. The van der Waals surface area contributed by atoms with Crippen molar-refractivity contribution < 1.29 is 14.7 Å². The van der Waals surface area contributed by atoms with E-state index in [2.05, 4.69) is 11.8 Å². The van der Waals surface area contributed by atoms with Crippen LogP contribution in [0.5, 0.6) is 0 Å². The molecule has 2 aliphatic heterocycles. The summed E-state index contributed by atoms with van der Waals surface area (Å²) < 4.78 is 0. The number of hydrogen-bond donors (Lipinski definition) is 1. The van der Waals surface area contributed by atoms with Gasteiger partial charge in [-0.2, -0.15) is 0 Å². The third kappa shape index (κ3) is 2.87. The molecule has 2 rings (SSSR count). The Morgan fingerprint density at radius 3 is 2.60 bits per heavy atom. The lowest BCUT2D eigenvalue weighted by molar-refractivity contribution is -0.145. The lowest BCUT2D eigenvalue weighted by Crippen LogP contribution is -2.47. The molecule has 0 saturated heterocycles. The molecule has 20 heavy (non-hydrogen) atoms. The van der Waals surface area contributed by atoms with E-state index in [1.165, 1.54) is 0 Å². The fourth-order valence-corrected chi connectivity index (χ4v) is 3.24. The first-order valence-corrected chi connectivity index (χ1v) is 7.55. The van der Waals surface area contributed by atoms with Gasteiger partial charge in [0.2, 0.25) is 5.91 Å². The Morgan fingerprint density at radius 2 is 2.00 bits per heavy atom. The summed E-state index contributed by atoms with van der Waals surface area (Å²) in [5.41, 5.74) is 1.95. The van der Waals surface area contributed by atoms with Crippen LogP contribution in [-0.2, 0) is 9.59 Å². The van der Waals surface area contributed by atoms with Crippen molar-refractivity contribution in [3.05, 3.63) is 11.3 Å². The van der Waals surface area contributed by atoms with Gasteiger partial charge in [0, 0.05) is 38.2 Å². The molecule has 0 aromatic carbocycles. The Morgan fingerprint density at radius 1 is 1.30 bits per heavy atom. The molecule has 0 radical (unpaired) electrons. The quantitative estimate of drug-likeness (QED) is 0.832. The molecule has 2 aliphatic rings. The van der Waals surface area contributed by atoms with Crippen LogP contribution in [0.4, 0.5) is 0 Å². The summed E-state index contributed by atoms with van der Waals surface area (Å²) in [4.78, 5) is 27.8. The fourth-order valence-electron chi connectivity index (χ4n) is 3.24. The summed E-state index contributed by atoms with van der Waals surface area (Å²) in [6.45, 7) is 7.50. The largest absolute Gasteiger partial charge is 0.481 e. The molecule has 0 saturated carbocycles. The van der Waals surface area contributed by atoms with Crippen molar-refractivity contribution in [3.63, 3.8) is 0 Å². The van der Waals surface area contributed by atoms with E-state index >= 15 is 0 Å². The first-order chi connectivity index (χ1) is 9.58. The molecule has 5 nitrogen and oxygen atoms in total. The summed E-state index contributed by atoms with van der Waals surface area (Å²) in [5, 5.41) is 9.40. The first-order valence-electron chi connectivity index (χ1n) is 7.55. The van der Waals surface area contributed by atoms with Gasteiger partial charge < -0.3 is 10.0 Å². The maximum Gasteiger partial charge on any atom is 0.311 e. The number of nitrogens with zero attached hydrogens (tertiary/aromatic N) is 2. The van der Waals surface area contributed by atoms with E-state index in [1.807, 2.05) is 11.8 Å². The summed E-state index contributed by atoms with van der Waals surface area (Å²) in [6.07, 6.45) is 2.88. The van der Waals surface area contributed by atoms with Crippen molar-refractivity contribution >= 4 is 11.9 Å². The smallest absolute Gasteiger partial charge is 0.311 e. The van der Waals surface area contributed by atoms with Crippen LogP contribution in [0, 0.1) is 5.92 Å². The number of carboxylic acids is 1. The number of carbonyl (C=O) groups excluding carboxylic acids is 1. The van der Waals surface area contributed by atoms with Gasteiger partial charge in [-0.1, -0.05) is 13.8 Å². The van der Waals surface area contributed by atoms with Crippen LogP contribution in [0.15, 0.2) is 11.3 Å². The Labute approximate surface area is 120 Å². The zero-order chi connectivity index (χ0) is 14.7. The maximum absolute atomic E-state index is 12.2. The number of rotatable bonds is 5. The summed E-state index contributed by atoms with van der Waals surface area (Å²) >= 11 is 0. The van der Waals surface area contributed by atoms with E-state index in [9.17, 15) is 14.7 Å². The summed E-state index contributed by atoms with van der Waals surface area (Å²) in [5.74, 6) is -1.51. The molecule has 112 valence electrons. The molecule has 2 heterocycles. The van der Waals surface area contributed by atoms with Gasteiger partial charge in [-0.3, -0.25) is 14.5 Å². The third-order valence-corrected chi connectivity index (χ3v) is 4.14. The second-order valence-corrected chi connectivity index (χ2v) is 5.64. The van der Waals surface area contributed by atoms with E-state index in [-0.39, 0.29) is 12.3 Å². The van der Waals surface area contributed by atoms with Crippen molar-refractivity contribution in [1.82, 2.24) is 9.80 Å². The Hall–Kier alpha value is -1.36. The van der Waals surface area contributed by atoms with Crippen molar-refractivity contribution in [2.75, 3.05) is 26.2 Å². The van der Waals surface area contributed by atoms with E-state index in [1.54, 1.807) is 0 Å². The van der Waals surface area contributed by atoms with Gasteiger partial charge in [0.25, 0.3) is 0 Å². The minimum Gasteiger partial charge on any atom is -0.481 e. The summed E-state index contributed by atoms with van der Waals surface area (Å²) in [6, 6.07) is 0. The fraction of sp³-hybridized carbons (Fsp3) is 0.733. The van der Waals surface area contributed by atoms with Crippen LogP contribution >= 0.6 is 0 Å². The van der Waals surface area contributed by atoms with Gasteiger partial charge in [0.1, 0.15) is 0 Å². The number of hydrogen-bond acceptors (Lipinski definition) is 3. The minimum atomic E-state index is -0.861. The molecular formula is C15H24N2O3. The Balaban J connectivity index is 2.30. The molecule has 0 fully saturated rings. The van der Waals surface area contributed by atoms with Crippen LogP contribution < -0.4 is 0 Å². The predicted octanol–water partition coefficient (Wildman–Crippen LogP) is 1.70. The highest BCUT2D eigenvalue weighted by Crippen LogP contribution is 2.34. The van der Waals surface area contributed by atoms with Crippen LogP contribution in [0.1, 0.15) is 39.5 Å². The molecule has 0 aromatic rings. The van der Waals surface area contributed by atoms with Crippen molar-refractivity contribution in [2.45, 2.75) is 39.5 Å². The summed E-state index contributed by atoms with van der Waals surface area (Å²) in [7, 11) is 0. The molecule has 0 bridgehead atoms. The normalized spacial score (nSPS) is 24.0. The Bertz CT molecular complexity index is 431. The van der Waals surface area contributed by atoms with E-state index in [0.29, 0.717) is 13.1 Å². The number of amides is 1. The van der Waals surface area contributed by atoms with Gasteiger partial charge in [-0.05, 0) is 25.0 Å². The molecule has 1 N–H and O–H groups in total. The second-order valence-electron chi connectivity index (χ2n) is 5.64. The zero-order valence-corrected chi connectivity index (χ0v) is 12.4.